The lowest BCUT2D eigenvalue weighted by molar-refractivity contribution is -0.277. The van der Waals surface area contributed by atoms with Crippen LogP contribution in [-0.4, -0.2) is 93.2 Å². The van der Waals surface area contributed by atoms with Gasteiger partial charge in [0.15, 0.2) is 28.7 Å². The first-order valence-corrected chi connectivity index (χ1v) is 10.2. The third-order valence-corrected chi connectivity index (χ3v) is 5.28. The third-order valence-electron chi connectivity index (χ3n) is 5.28. The summed E-state index contributed by atoms with van der Waals surface area (Å²) in [6.45, 7) is -0.936. The second kappa shape index (κ2) is 10.8. The maximum absolute atomic E-state index is 12.3. The molecular weight excluding hydrogens is 472 g/mol. The van der Waals surface area contributed by atoms with Gasteiger partial charge in [0.25, 0.3) is 0 Å². The van der Waals surface area contributed by atoms with Gasteiger partial charge in [0, 0.05) is 0 Å². The fourth-order valence-corrected chi connectivity index (χ4v) is 3.37. The molecular formula is C22H26O13. The van der Waals surface area contributed by atoms with E-state index in [1.54, 1.807) is 0 Å². The molecule has 1 aliphatic heterocycles. The molecule has 1 aliphatic rings. The van der Waals surface area contributed by atoms with Crippen molar-refractivity contribution in [1.82, 2.24) is 0 Å². The first kappa shape index (κ1) is 26.1. The van der Waals surface area contributed by atoms with Crippen molar-refractivity contribution in [3.8, 4) is 34.5 Å². The molecule has 2 aromatic carbocycles. The number of phenols is 3. The van der Waals surface area contributed by atoms with Crippen LogP contribution in [0.3, 0.4) is 0 Å². The molecule has 13 nitrogen and oxygen atoms in total. The van der Waals surface area contributed by atoms with Gasteiger partial charge in [-0.1, -0.05) is 0 Å². The van der Waals surface area contributed by atoms with E-state index in [0.717, 1.165) is 12.1 Å². The monoisotopic (exact) mass is 498 g/mol. The van der Waals surface area contributed by atoms with Crippen LogP contribution >= 0.6 is 0 Å². The Hall–Kier alpha value is -3.49. The van der Waals surface area contributed by atoms with E-state index in [1.807, 2.05) is 0 Å². The number of methoxy groups -OCH3 is 2. The molecule has 1 saturated heterocycles. The zero-order valence-corrected chi connectivity index (χ0v) is 18.7. The van der Waals surface area contributed by atoms with E-state index in [0.29, 0.717) is 5.56 Å². The summed E-state index contributed by atoms with van der Waals surface area (Å²) in [7, 11) is 2.62. The van der Waals surface area contributed by atoms with Crippen LogP contribution in [0.2, 0.25) is 0 Å². The number of aromatic hydroxyl groups is 3. The van der Waals surface area contributed by atoms with Crippen LogP contribution in [-0.2, 0) is 16.1 Å². The molecule has 0 aliphatic carbocycles. The van der Waals surface area contributed by atoms with Gasteiger partial charge in [-0.2, -0.15) is 0 Å². The number of aliphatic hydroxyl groups is 4. The Morgan fingerprint density at radius 2 is 1.49 bits per heavy atom. The maximum Gasteiger partial charge on any atom is 0.338 e. The molecule has 0 saturated carbocycles. The fourth-order valence-electron chi connectivity index (χ4n) is 3.37. The van der Waals surface area contributed by atoms with Crippen LogP contribution in [0.5, 0.6) is 34.5 Å². The molecule has 0 aromatic heterocycles. The van der Waals surface area contributed by atoms with Gasteiger partial charge in [-0.15, -0.1) is 0 Å². The average Bonchev–Trinajstić information content (AvgIpc) is 2.85. The second-order valence-corrected chi connectivity index (χ2v) is 7.58. The Bertz CT molecular complexity index is 1010. The fraction of sp³-hybridized carbons (Fsp3) is 0.409. The molecule has 5 unspecified atom stereocenters. The standard InChI is InChI=1S/C22H26O13/c1-31-13-3-9(8-33-21(30)10-5-11(24)16(26)12(25)6-10)4-14(32-2)20(13)35-22-19(29)18(28)17(27)15(7-23)34-22/h3-6,15,17-19,22-29H,7-8H2,1-2H3. The van der Waals surface area contributed by atoms with E-state index >= 15 is 0 Å². The summed E-state index contributed by atoms with van der Waals surface area (Å²) in [6, 6.07) is 4.72. The quantitative estimate of drug-likeness (QED) is 0.179. The topological polar surface area (TPSA) is 205 Å². The third kappa shape index (κ3) is 5.44. The number of benzene rings is 2. The number of esters is 1. The summed E-state index contributed by atoms with van der Waals surface area (Å²) < 4.78 is 26.8. The maximum atomic E-state index is 12.3. The number of carbonyl (C=O) groups excluding carboxylic acids is 1. The molecule has 13 heteroatoms. The Kier molecular flexibility index (Phi) is 8.09. The molecule has 1 fully saturated rings. The van der Waals surface area contributed by atoms with E-state index < -0.39 is 60.5 Å². The minimum atomic E-state index is -1.67. The molecule has 5 atom stereocenters. The van der Waals surface area contributed by atoms with E-state index in [1.165, 1.54) is 26.4 Å². The summed E-state index contributed by atoms with van der Waals surface area (Å²) >= 11 is 0. The van der Waals surface area contributed by atoms with Crippen LogP contribution in [0.4, 0.5) is 0 Å². The van der Waals surface area contributed by atoms with E-state index in [-0.39, 0.29) is 29.4 Å². The number of hydrogen-bond donors (Lipinski definition) is 7. The summed E-state index contributed by atoms with van der Waals surface area (Å²) in [6.07, 6.45) is -7.56. The lowest BCUT2D eigenvalue weighted by Crippen LogP contribution is -2.60. The molecule has 0 amide bonds. The average molecular weight is 498 g/mol. The molecule has 1 heterocycles. The highest BCUT2D eigenvalue weighted by Crippen LogP contribution is 2.41. The van der Waals surface area contributed by atoms with Crippen molar-refractivity contribution in [3.63, 3.8) is 0 Å². The second-order valence-electron chi connectivity index (χ2n) is 7.58. The van der Waals surface area contributed by atoms with Gasteiger partial charge in [-0.25, -0.2) is 4.79 Å². The lowest BCUT2D eigenvalue weighted by atomic mass is 9.99. The normalized spacial score (nSPS) is 24.0. The van der Waals surface area contributed by atoms with Crippen LogP contribution in [0.15, 0.2) is 24.3 Å². The zero-order chi connectivity index (χ0) is 25.9. The van der Waals surface area contributed by atoms with Crippen LogP contribution < -0.4 is 14.2 Å². The Labute approximate surface area is 198 Å². The van der Waals surface area contributed by atoms with Crippen molar-refractivity contribution in [1.29, 1.82) is 0 Å². The van der Waals surface area contributed by atoms with Gasteiger partial charge in [0.05, 0.1) is 26.4 Å². The van der Waals surface area contributed by atoms with Crippen LogP contribution in [0.25, 0.3) is 0 Å². The smallest absolute Gasteiger partial charge is 0.338 e. The molecule has 35 heavy (non-hydrogen) atoms. The highest BCUT2D eigenvalue weighted by atomic mass is 16.7. The van der Waals surface area contributed by atoms with Crippen molar-refractivity contribution in [3.05, 3.63) is 35.4 Å². The Morgan fingerprint density at radius 3 is 2.00 bits per heavy atom. The van der Waals surface area contributed by atoms with Gasteiger partial charge >= 0.3 is 5.97 Å². The molecule has 3 rings (SSSR count). The van der Waals surface area contributed by atoms with E-state index in [4.69, 9.17) is 23.7 Å². The van der Waals surface area contributed by atoms with Crippen LogP contribution in [0.1, 0.15) is 15.9 Å². The van der Waals surface area contributed by atoms with Gasteiger partial charge < -0.3 is 59.4 Å². The minimum Gasteiger partial charge on any atom is -0.504 e. The largest absolute Gasteiger partial charge is 0.504 e. The summed E-state index contributed by atoms with van der Waals surface area (Å²) in [5, 5.41) is 68.0. The van der Waals surface area contributed by atoms with Crippen LogP contribution in [0, 0.1) is 0 Å². The van der Waals surface area contributed by atoms with Crippen molar-refractivity contribution in [2.75, 3.05) is 20.8 Å². The SMILES string of the molecule is COc1cc(COC(=O)c2cc(O)c(O)c(O)c2)cc(OC)c1OC1OC(CO)C(O)C(O)C1O. The van der Waals surface area contributed by atoms with Gasteiger partial charge in [-0.05, 0) is 29.8 Å². The van der Waals surface area contributed by atoms with Gasteiger partial charge in [0.2, 0.25) is 12.0 Å². The molecule has 0 bridgehead atoms. The van der Waals surface area contributed by atoms with Crippen molar-refractivity contribution in [2.24, 2.45) is 0 Å². The number of phenolic OH excluding ortho intramolecular Hbond substituents is 3. The predicted octanol–water partition coefficient (Wildman–Crippen LogP) is -0.644. The summed E-state index contributed by atoms with van der Waals surface area (Å²) in [4.78, 5) is 12.3. The number of carbonyl (C=O) groups is 1. The molecule has 7 N–H and O–H groups in total. The number of aliphatic hydroxyl groups excluding tert-OH is 4. The Balaban J connectivity index is 1.80. The molecule has 0 spiro atoms. The number of ether oxygens (including phenoxy) is 5. The minimum absolute atomic E-state index is 0.0391. The zero-order valence-electron chi connectivity index (χ0n) is 18.7. The Morgan fingerprint density at radius 1 is 0.914 bits per heavy atom. The summed E-state index contributed by atoms with van der Waals surface area (Å²) in [5.41, 5.74) is 0.166. The predicted molar refractivity (Wildman–Crippen MR) is 114 cm³/mol. The van der Waals surface area contributed by atoms with Crippen molar-refractivity contribution >= 4 is 5.97 Å². The van der Waals surface area contributed by atoms with Gasteiger partial charge in [-0.3, -0.25) is 0 Å². The highest BCUT2D eigenvalue weighted by molar-refractivity contribution is 5.91. The first-order chi connectivity index (χ1) is 16.6. The summed E-state index contributed by atoms with van der Waals surface area (Å²) in [5.74, 6) is -2.96. The van der Waals surface area contributed by atoms with Gasteiger partial charge in [0.1, 0.15) is 31.0 Å². The van der Waals surface area contributed by atoms with E-state index in [9.17, 15) is 40.5 Å². The van der Waals surface area contributed by atoms with Crippen molar-refractivity contribution in [2.45, 2.75) is 37.3 Å². The number of hydrogen-bond acceptors (Lipinski definition) is 13. The number of rotatable bonds is 8. The van der Waals surface area contributed by atoms with E-state index in [2.05, 4.69) is 0 Å². The first-order valence-electron chi connectivity index (χ1n) is 10.2. The molecule has 192 valence electrons. The molecule has 2 aromatic rings. The highest BCUT2D eigenvalue weighted by Gasteiger charge is 2.45. The lowest BCUT2D eigenvalue weighted by Gasteiger charge is -2.39. The van der Waals surface area contributed by atoms with Crippen molar-refractivity contribution < 1.29 is 64.2 Å². The molecule has 0 radical (unpaired) electrons.